The van der Waals surface area contributed by atoms with Gasteiger partial charge >= 0.3 is 0 Å². The van der Waals surface area contributed by atoms with Gasteiger partial charge in [0.2, 0.25) is 17.0 Å². The van der Waals surface area contributed by atoms with Crippen molar-refractivity contribution in [3.8, 4) is 0 Å². The van der Waals surface area contributed by atoms with Crippen LogP contribution in [0.5, 0.6) is 0 Å². The summed E-state index contributed by atoms with van der Waals surface area (Å²) in [5.41, 5.74) is 0. The Morgan fingerprint density at radius 1 is 1.29 bits per heavy atom. The zero-order chi connectivity index (χ0) is 16.9. The van der Waals surface area contributed by atoms with E-state index in [1.54, 1.807) is 28.1 Å². The Morgan fingerprint density at radius 2 is 2.04 bits per heavy atom. The van der Waals surface area contributed by atoms with Gasteiger partial charge in [-0.1, -0.05) is 17.8 Å². The minimum absolute atomic E-state index is 0.0628. The summed E-state index contributed by atoms with van der Waals surface area (Å²) in [6, 6.07) is 4.07. The Morgan fingerprint density at radius 3 is 2.71 bits per heavy atom. The predicted octanol–water partition coefficient (Wildman–Crippen LogP) is 1.24. The minimum Gasteiger partial charge on any atom is -0.339 e. The number of aromatic amines is 1. The highest BCUT2D eigenvalue weighted by molar-refractivity contribution is 7.99. The Balaban J connectivity index is 1.45. The van der Waals surface area contributed by atoms with Crippen molar-refractivity contribution in [3.05, 3.63) is 28.2 Å². The first-order chi connectivity index (χ1) is 11.6. The number of carbonyl (C=O) groups excluding carboxylic acids is 2. The molecule has 128 valence electrons. The smallest absolute Gasteiger partial charge is 0.233 e. The molecule has 0 bridgehead atoms. The highest BCUT2D eigenvalue weighted by Gasteiger charge is 2.22. The van der Waals surface area contributed by atoms with E-state index < -0.39 is 0 Å². The topological polar surface area (TPSA) is 82.2 Å². The lowest BCUT2D eigenvalue weighted by molar-refractivity contribution is -0.136. The van der Waals surface area contributed by atoms with Gasteiger partial charge in [-0.05, 0) is 11.4 Å². The molecule has 9 heteroatoms. The van der Waals surface area contributed by atoms with Crippen molar-refractivity contribution in [2.45, 2.75) is 18.5 Å². The van der Waals surface area contributed by atoms with Crippen molar-refractivity contribution < 1.29 is 9.59 Å². The molecule has 1 saturated heterocycles. The number of rotatable bonds is 5. The summed E-state index contributed by atoms with van der Waals surface area (Å²) in [5, 5.41) is 9.71. The van der Waals surface area contributed by atoms with Crippen LogP contribution in [0.4, 0.5) is 0 Å². The number of nitrogens with one attached hydrogen (secondary N) is 1. The zero-order valence-electron chi connectivity index (χ0n) is 13.4. The number of amides is 2. The first-order valence-electron chi connectivity index (χ1n) is 7.71. The number of H-pyrrole nitrogens is 1. The molecule has 0 unspecified atom stereocenters. The van der Waals surface area contributed by atoms with E-state index in [-0.39, 0.29) is 11.8 Å². The van der Waals surface area contributed by atoms with Crippen molar-refractivity contribution >= 4 is 34.9 Å². The number of nitrogens with zero attached hydrogens (tertiary/aromatic N) is 4. The molecule has 1 aliphatic heterocycles. The normalized spacial score (nSPS) is 14.9. The molecule has 3 heterocycles. The van der Waals surface area contributed by atoms with E-state index >= 15 is 0 Å². The summed E-state index contributed by atoms with van der Waals surface area (Å²) in [5.74, 6) is 1.25. The van der Waals surface area contributed by atoms with Crippen LogP contribution in [-0.2, 0) is 16.0 Å². The van der Waals surface area contributed by atoms with E-state index in [0.29, 0.717) is 37.1 Å². The number of aromatic nitrogens is 3. The molecule has 1 N–H and O–H groups in total. The minimum atomic E-state index is 0.0628. The van der Waals surface area contributed by atoms with E-state index in [1.165, 1.54) is 16.6 Å². The second kappa shape index (κ2) is 7.80. The second-order valence-electron chi connectivity index (χ2n) is 5.50. The third-order valence-corrected chi connectivity index (χ3v) is 5.54. The maximum absolute atomic E-state index is 12.2. The monoisotopic (exact) mass is 365 g/mol. The standard InChI is InChI=1S/C15H19N5O2S2/c1-11(21)19-4-6-20(7-5-19)14(22)10-24-15-16-13(17-18-15)9-12-3-2-8-23-12/h2-3,8H,4-7,9-10H2,1H3,(H,16,17,18). The van der Waals surface area contributed by atoms with E-state index in [0.717, 1.165) is 12.2 Å². The van der Waals surface area contributed by atoms with Gasteiger partial charge in [-0.15, -0.1) is 16.4 Å². The van der Waals surface area contributed by atoms with E-state index in [2.05, 4.69) is 21.2 Å². The number of thiophene rings is 1. The fraction of sp³-hybridized carbons (Fsp3) is 0.467. The molecule has 0 aliphatic carbocycles. The molecule has 3 rings (SSSR count). The van der Waals surface area contributed by atoms with Crippen LogP contribution >= 0.6 is 23.1 Å². The van der Waals surface area contributed by atoms with Crippen LogP contribution in [0.15, 0.2) is 22.7 Å². The van der Waals surface area contributed by atoms with Crippen molar-refractivity contribution in [2.75, 3.05) is 31.9 Å². The summed E-state index contributed by atoms with van der Waals surface area (Å²) in [6.07, 6.45) is 0.728. The van der Waals surface area contributed by atoms with Gasteiger partial charge in [0.25, 0.3) is 0 Å². The molecule has 2 amide bonds. The number of hydrogen-bond donors (Lipinski definition) is 1. The summed E-state index contributed by atoms with van der Waals surface area (Å²) in [7, 11) is 0. The molecular formula is C15H19N5O2S2. The van der Waals surface area contributed by atoms with Crippen LogP contribution in [0.25, 0.3) is 0 Å². The van der Waals surface area contributed by atoms with Crippen LogP contribution < -0.4 is 0 Å². The van der Waals surface area contributed by atoms with Crippen molar-refractivity contribution in [3.63, 3.8) is 0 Å². The number of piperazine rings is 1. The average Bonchev–Trinajstić information content (AvgIpc) is 3.25. The summed E-state index contributed by atoms with van der Waals surface area (Å²) < 4.78 is 0. The van der Waals surface area contributed by atoms with Gasteiger partial charge in [0.05, 0.1) is 5.75 Å². The van der Waals surface area contributed by atoms with Crippen molar-refractivity contribution in [1.29, 1.82) is 0 Å². The van der Waals surface area contributed by atoms with Gasteiger partial charge < -0.3 is 9.80 Å². The summed E-state index contributed by atoms with van der Waals surface area (Å²) in [6.45, 7) is 3.96. The van der Waals surface area contributed by atoms with Crippen molar-refractivity contribution in [2.24, 2.45) is 0 Å². The van der Waals surface area contributed by atoms with Crippen LogP contribution in [0, 0.1) is 0 Å². The van der Waals surface area contributed by atoms with Crippen LogP contribution in [-0.4, -0.2) is 68.7 Å². The number of hydrogen-bond acceptors (Lipinski definition) is 6. The molecule has 2 aromatic heterocycles. The van der Waals surface area contributed by atoms with Crippen LogP contribution in [0.2, 0.25) is 0 Å². The fourth-order valence-electron chi connectivity index (χ4n) is 2.49. The average molecular weight is 365 g/mol. The molecule has 0 saturated carbocycles. The Bertz CT molecular complexity index is 693. The first kappa shape index (κ1) is 17.0. The molecule has 24 heavy (non-hydrogen) atoms. The molecule has 0 spiro atoms. The molecular weight excluding hydrogens is 346 g/mol. The lowest BCUT2D eigenvalue weighted by atomic mass is 10.3. The lowest BCUT2D eigenvalue weighted by Crippen LogP contribution is -2.50. The molecule has 2 aromatic rings. The molecule has 7 nitrogen and oxygen atoms in total. The fourth-order valence-corrected chi connectivity index (χ4v) is 3.92. The molecule has 0 atom stereocenters. The van der Waals surface area contributed by atoms with E-state index in [9.17, 15) is 9.59 Å². The SMILES string of the molecule is CC(=O)N1CCN(C(=O)CSc2n[nH]c(Cc3cccs3)n2)CC1. The van der Waals surface area contributed by atoms with Crippen LogP contribution in [0.1, 0.15) is 17.6 Å². The Hall–Kier alpha value is -1.87. The highest BCUT2D eigenvalue weighted by Crippen LogP contribution is 2.17. The largest absolute Gasteiger partial charge is 0.339 e. The highest BCUT2D eigenvalue weighted by atomic mass is 32.2. The Kier molecular flexibility index (Phi) is 5.52. The van der Waals surface area contributed by atoms with Gasteiger partial charge in [-0.2, -0.15) is 0 Å². The molecule has 1 aliphatic rings. The summed E-state index contributed by atoms with van der Waals surface area (Å²) >= 11 is 3.02. The third-order valence-electron chi connectivity index (χ3n) is 3.84. The maximum Gasteiger partial charge on any atom is 0.233 e. The Labute approximate surface area is 148 Å². The molecule has 0 aromatic carbocycles. The second-order valence-corrected chi connectivity index (χ2v) is 7.47. The lowest BCUT2D eigenvalue weighted by Gasteiger charge is -2.34. The number of thioether (sulfide) groups is 1. The van der Waals surface area contributed by atoms with Gasteiger partial charge in [-0.25, -0.2) is 4.98 Å². The quantitative estimate of drug-likeness (QED) is 0.806. The summed E-state index contributed by atoms with van der Waals surface area (Å²) in [4.78, 5) is 32.8. The first-order valence-corrected chi connectivity index (χ1v) is 9.58. The van der Waals surface area contributed by atoms with Gasteiger partial charge in [0, 0.05) is 44.4 Å². The number of carbonyl (C=O) groups is 2. The maximum atomic E-state index is 12.2. The van der Waals surface area contributed by atoms with Crippen molar-refractivity contribution in [1.82, 2.24) is 25.0 Å². The van der Waals surface area contributed by atoms with Gasteiger partial charge in [-0.3, -0.25) is 14.7 Å². The van der Waals surface area contributed by atoms with E-state index in [1.807, 2.05) is 11.4 Å². The van der Waals surface area contributed by atoms with Crippen LogP contribution in [0.3, 0.4) is 0 Å². The predicted molar refractivity (Wildman–Crippen MR) is 93.1 cm³/mol. The molecule has 1 fully saturated rings. The van der Waals surface area contributed by atoms with Gasteiger partial charge in [0.1, 0.15) is 5.82 Å². The third kappa shape index (κ3) is 4.35. The van der Waals surface area contributed by atoms with Gasteiger partial charge in [0.15, 0.2) is 0 Å². The molecule has 0 radical (unpaired) electrons. The van der Waals surface area contributed by atoms with E-state index in [4.69, 9.17) is 0 Å². The zero-order valence-corrected chi connectivity index (χ0v) is 15.0.